The molecule has 0 unspecified atom stereocenters. The van der Waals surface area contributed by atoms with Crippen molar-refractivity contribution in [3.63, 3.8) is 0 Å². The summed E-state index contributed by atoms with van der Waals surface area (Å²) in [5.41, 5.74) is 0.835. The third-order valence-electron chi connectivity index (χ3n) is 4.64. The van der Waals surface area contributed by atoms with Gasteiger partial charge in [-0.25, -0.2) is 0 Å². The maximum Gasteiger partial charge on any atom is 0.243 e. The zero-order chi connectivity index (χ0) is 19.2. The van der Waals surface area contributed by atoms with Gasteiger partial charge >= 0.3 is 0 Å². The molecule has 0 bridgehead atoms. The van der Waals surface area contributed by atoms with Crippen molar-refractivity contribution in [2.75, 3.05) is 25.4 Å². The topological polar surface area (TPSA) is 78.1 Å². The van der Waals surface area contributed by atoms with E-state index in [9.17, 15) is 4.79 Å². The number of nitrogens with zero attached hydrogens (tertiary/aromatic N) is 6. The van der Waals surface area contributed by atoms with Crippen molar-refractivity contribution in [3.05, 3.63) is 6.20 Å². The van der Waals surface area contributed by atoms with E-state index in [1.165, 1.54) is 18.2 Å². The van der Waals surface area contributed by atoms with E-state index >= 15 is 0 Å². The lowest BCUT2D eigenvalue weighted by Crippen LogP contribution is -2.36. The lowest BCUT2D eigenvalue weighted by molar-refractivity contribution is -0.129. The van der Waals surface area contributed by atoms with Gasteiger partial charge in [-0.1, -0.05) is 11.8 Å². The molecule has 27 heavy (non-hydrogen) atoms. The van der Waals surface area contributed by atoms with Gasteiger partial charge in [-0.05, 0) is 40.0 Å². The zero-order valence-electron chi connectivity index (χ0n) is 16.3. The molecule has 148 valence electrons. The molecule has 3 rings (SSSR count). The van der Waals surface area contributed by atoms with E-state index in [0.29, 0.717) is 24.8 Å². The number of carbonyl (C=O) groups is 1. The Balaban J connectivity index is 1.77. The van der Waals surface area contributed by atoms with Gasteiger partial charge < -0.3 is 14.2 Å². The molecule has 2 aromatic rings. The highest BCUT2D eigenvalue weighted by Crippen LogP contribution is 2.30. The lowest BCUT2D eigenvalue weighted by Gasteiger charge is -2.26. The summed E-state index contributed by atoms with van der Waals surface area (Å²) in [6.07, 6.45) is 5.37. The Morgan fingerprint density at radius 2 is 1.93 bits per heavy atom. The Morgan fingerprint density at radius 1 is 1.15 bits per heavy atom. The third kappa shape index (κ3) is 4.45. The second-order valence-electron chi connectivity index (χ2n) is 6.42. The van der Waals surface area contributed by atoms with Gasteiger partial charge in [0.05, 0.1) is 12.4 Å². The van der Waals surface area contributed by atoms with Crippen LogP contribution in [-0.4, -0.2) is 60.8 Å². The second-order valence-corrected chi connectivity index (χ2v) is 7.36. The van der Waals surface area contributed by atoms with Gasteiger partial charge in [0.25, 0.3) is 0 Å². The number of ether oxygens (including phenoxy) is 1. The number of amides is 1. The summed E-state index contributed by atoms with van der Waals surface area (Å²) < 4.78 is 9.54. The van der Waals surface area contributed by atoms with Crippen LogP contribution in [-0.2, 0) is 17.9 Å². The summed E-state index contributed by atoms with van der Waals surface area (Å²) in [6, 6.07) is 0. The van der Waals surface area contributed by atoms with Crippen LogP contribution < -0.4 is 4.74 Å². The third-order valence-corrected chi connectivity index (χ3v) is 5.59. The summed E-state index contributed by atoms with van der Waals surface area (Å²) in [4.78, 5) is 14.4. The molecule has 0 atom stereocenters. The van der Waals surface area contributed by atoms with Crippen LogP contribution in [0, 0.1) is 0 Å². The van der Waals surface area contributed by atoms with Crippen LogP contribution in [0.3, 0.4) is 0 Å². The molecule has 0 N–H and O–H groups in total. The minimum absolute atomic E-state index is 0.181. The number of carbonyl (C=O) groups excluding carboxylic acids is 1. The molecule has 0 spiro atoms. The van der Waals surface area contributed by atoms with Crippen molar-refractivity contribution in [2.24, 2.45) is 0 Å². The van der Waals surface area contributed by atoms with Gasteiger partial charge in [-0.2, -0.15) is 0 Å². The van der Waals surface area contributed by atoms with Gasteiger partial charge in [0, 0.05) is 32.4 Å². The van der Waals surface area contributed by atoms with Crippen molar-refractivity contribution in [2.45, 2.75) is 58.3 Å². The molecule has 0 saturated carbocycles. The monoisotopic (exact) mass is 392 g/mol. The highest BCUT2D eigenvalue weighted by Gasteiger charge is 2.22. The fourth-order valence-electron chi connectivity index (χ4n) is 3.20. The molecule has 1 saturated heterocycles. The summed E-state index contributed by atoms with van der Waals surface area (Å²) in [5, 5.41) is 13.9. The highest BCUT2D eigenvalue weighted by molar-refractivity contribution is 7.99. The average Bonchev–Trinajstić information content (AvgIpc) is 3.30. The summed E-state index contributed by atoms with van der Waals surface area (Å²) in [5.74, 6) is 1.88. The molecule has 2 aromatic heterocycles. The second kappa shape index (κ2) is 9.25. The molecule has 8 nitrogen and oxygen atoms in total. The first-order valence-corrected chi connectivity index (χ1v) is 10.7. The largest absolute Gasteiger partial charge is 0.476 e. The van der Waals surface area contributed by atoms with E-state index in [0.717, 1.165) is 49.0 Å². The van der Waals surface area contributed by atoms with E-state index in [-0.39, 0.29) is 5.91 Å². The minimum atomic E-state index is 0.181. The van der Waals surface area contributed by atoms with Crippen molar-refractivity contribution >= 4 is 17.7 Å². The number of thioether (sulfide) groups is 1. The Bertz CT molecular complexity index is 766. The van der Waals surface area contributed by atoms with E-state index in [1.807, 2.05) is 41.1 Å². The molecule has 1 amide bonds. The standard InChI is InChI=1S/C18H28N6O2S/c1-4-23-12-14(17(21-23)26-6-3)16-19-20-18(24(16)5-2)27-13-15(25)22-10-8-7-9-11-22/h12H,4-11,13H2,1-3H3. The van der Waals surface area contributed by atoms with Crippen LogP contribution in [0.1, 0.15) is 40.0 Å². The van der Waals surface area contributed by atoms with E-state index in [4.69, 9.17) is 4.74 Å². The molecule has 3 heterocycles. The quantitative estimate of drug-likeness (QED) is 0.643. The number of hydrogen-bond donors (Lipinski definition) is 0. The Labute approximate surface area is 164 Å². The Hall–Kier alpha value is -2.03. The predicted molar refractivity (Wildman–Crippen MR) is 105 cm³/mol. The minimum Gasteiger partial charge on any atom is -0.476 e. The summed E-state index contributed by atoms with van der Waals surface area (Å²) in [6.45, 7) is 9.78. The fourth-order valence-corrected chi connectivity index (χ4v) is 4.11. The number of aromatic nitrogens is 5. The van der Waals surface area contributed by atoms with Crippen LogP contribution in [0.5, 0.6) is 5.88 Å². The van der Waals surface area contributed by atoms with Crippen LogP contribution in [0.4, 0.5) is 0 Å². The molecular weight excluding hydrogens is 364 g/mol. The van der Waals surface area contributed by atoms with Crippen LogP contribution >= 0.6 is 11.8 Å². The normalized spacial score (nSPS) is 14.6. The zero-order valence-corrected chi connectivity index (χ0v) is 17.2. The first kappa shape index (κ1) is 19.7. The first-order chi connectivity index (χ1) is 13.2. The van der Waals surface area contributed by atoms with Gasteiger partial charge in [0.1, 0.15) is 5.56 Å². The van der Waals surface area contributed by atoms with Crippen LogP contribution in [0.25, 0.3) is 11.4 Å². The number of aryl methyl sites for hydroxylation is 1. The summed E-state index contributed by atoms with van der Waals surface area (Å²) in [7, 11) is 0. The van der Waals surface area contributed by atoms with Crippen LogP contribution in [0.15, 0.2) is 11.4 Å². The fraction of sp³-hybridized carbons (Fsp3) is 0.667. The van der Waals surface area contributed by atoms with Crippen molar-refractivity contribution in [1.82, 2.24) is 29.4 Å². The number of likely N-dealkylation sites (tertiary alicyclic amines) is 1. The van der Waals surface area contributed by atoms with Crippen molar-refractivity contribution < 1.29 is 9.53 Å². The maximum atomic E-state index is 12.4. The maximum absolute atomic E-state index is 12.4. The Kier molecular flexibility index (Phi) is 6.76. The molecule has 1 aliphatic heterocycles. The van der Waals surface area contributed by atoms with Gasteiger partial charge in [-0.3, -0.25) is 9.48 Å². The number of rotatable bonds is 8. The predicted octanol–water partition coefficient (Wildman–Crippen LogP) is 2.68. The molecule has 0 aromatic carbocycles. The van der Waals surface area contributed by atoms with Crippen molar-refractivity contribution in [3.8, 4) is 17.3 Å². The average molecular weight is 393 g/mol. The van der Waals surface area contributed by atoms with Gasteiger partial charge in [0.2, 0.25) is 11.8 Å². The lowest BCUT2D eigenvalue weighted by atomic mass is 10.1. The molecule has 0 aliphatic carbocycles. The molecule has 1 fully saturated rings. The van der Waals surface area contributed by atoms with E-state index in [1.54, 1.807) is 0 Å². The first-order valence-electron chi connectivity index (χ1n) is 9.72. The van der Waals surface area contributed by atoms with Crippen molar-refractivity contribution in [1.29, 1.82) is 0 Å². The van der Waals surface area contributed by atoms with E-state index in [2.05, 4.69) is 15.3 Å². The highest BCUT2D eigenvalue weighted by atomic mass is 32.2. The molecular formula is C18H28N6O2S. The van der Waals surface area contributed by atoms with Crippen LogP contribution in [0.2, 0.25) is 0 Å². The van der Waals surface area contributed by atoms with Gasteiger partial charge in [-0.15, -0.1) is 15.3 Å². The molecule has 0 radical (unpaired) electrons. The molecule has 9 heteroatoms. The SMILES string of the molecule is CCOc1nn(CC)cc1-c1nnc(SCC(=O)N2CCCCC2)n1CC. The Morgan fingerprint density at radius 3 is 2.59 bits per heavy atom. The smallest absolute Gasteiger partial charge is 0.243 e. The van der Waals surface area contributed by atoms with Gasteiger partial charge in [0.15, 0.2) is 11.0 Å². The van der Waals surface area contributed by atoms with E-state index < -0.39 is 0 Å². The number of piperidine rings is 1. The number of hydrogen-bond acceptors (Lipinski definition) is 6. The molecule has 1 aliphatic rings. The summed E-state index contributed by atoms with van der Waals surface area (Å²) >= 11 is 1.45.